The van der Waals surface area contributed by atoms with Gasteiger partial charge < -0.3 is 24.5 Å². The Morgan fingerprint density at radius 1 is 1.11 bits per heavy atom. The van der Waals surface area contributed by atoms with Gasteiger partial charge in [0, 0.05) is 24.3 Å². The Morgan fingerprint density at radius 2 is 1.84 bits per heavy atom. The van der Waals surface area contributed by atoms with Crippen molar-refractivity contribution < 1.29 is 18.7 Å². The molecule has 2 aromatic rings. The number of hydrogen-bond donors (Lipinski definition) is 1. The molecule has 0 aliphatic rings. The van der Waals surface area contributed by atoms with Crippen molar-refractivity contribution in [1.82, 2.24) is 5.16 Å². The Labute approximate surface area is 111 Å². The number of benzene rings is 1. The average molecular weight is 264 g/mol. The van der Waals surface area contributed by atoms with Crippen LogP contribution in [0, 0.1) is 0 Å². The van der Waals surface area contributed by atoms with Crippen LogP contribution < -0.4 is 15.2 Å². The summed E-state index contributed by atoms with van der Waals surface area (Å²) in [4.78, 5) is 0. The first-order valence-electron chi connectivity index (χ1n) is 5.65. The molecule has 0 radical (unpaired) electrons. The van der Waals surface area contributed by atoms with Gasteiger partial charge in [0.1, 0.15) is 11.5 Å². The van der Waals surface area contributed by atoms with Crippen LogP contribution in [0.2, 0.25) is 0 Å². The SMILES string of the molecule is COCc1cc(-c2cnoc2N)c(OC)cc1OC. The number of nitrogens with zero attached hydrogens (tertiary/aromatic N) is 1. The quantitative estimate of drug-likeness (QED) is 0.890. The van der Waals surface area contributed by atoms with E-state index >= 15 is 0 Å². The zero-order valence-corrected chi connectivity index (χ0v) is 11.1. The third-order valence-corrected chi connectivity index (χ3v) is 2.79. The third-order valence-electron chi connectivity index (χ3n) is 2.79. The van der Waals surface area contributed by atoms with Gasteiger partial charge in [-0.15, -0.1) is 0 Å². The summed E-state index contributed by atoms with van der Waals surface area (Å²) in [6.45, 7) is 0.422. The van der Waals surface area contributed by atoms with Crippen molar-refractivity contribution in [2.24, 2.45) is 0 Å². The first kappa shape index (κ1) is 13.2. The maximum absolute atomic E-state index is 5.74. The standard InChI is InChI=1S/C13H16N2O4/c1-16-7-8-4-9(10-6-15-19-13(10)14)12(18-3)5-11(8)17-2/h4-6H,7,14H2,1-3H3. The summed E-state index contributed by atoms with van der Waals surface area (Å²) in [6, 6.07) is 3.68. The molecular formula is C13H16N2O4. The first-order chi connectivity index (χ1) is 9.21. The summed E-state index contributed by atoms with van der Waals surface area (Å²) >= 11 is 0. The molecule has 0 unspecified atom stereocenters. The number of aromatic nitrogens is 1. The lowest BCUT2D eigenvalue weighted by Crippen LogP contribution is -1.98. The minimum atomic E-state index is 0.242. The maximum atomic E-state index is 5.74. The Morgan fingerprint density at radius 3 is 2.37 bits per heavy atom. The van der Waals surface area contributed by atoms with E-state index in [2.05, 4.69) is 5.16 Å². The molecule has 0 amide bonds. The molecular weight excluding hydrogens is 248 g/mol. The summed E-state index contributed by atoms with van der Waals surface area (Å²) in [5.41, 5.74) is 8.10. The van der Waals surface area contributed by atoms with Gasteiger partial charge in [0.25, 0.3) is 0 Å². The molecule has 102 valence electrons. The van der Waals surface area contributed by atoms with Crippen molar-refractivity contribution in [1.29, 1.82) is 0 Å². The van der Waals surface area contributed by atoms with Gasteiger partial charge in [-0.25, -0.2) is 0 Å². The number of ether oxygens (including phenoxy) is 3. The fraction of sp³-hybridized carbons (Fsp3) is 0.308. The van der Waals surface area contributed by atoms with Gasteiger partial charge >= 0.3 is 0 Å². The molecule has 1 aromatic heterocycles. The van der Waals surface area contributed by atoms with Crippen molar-refractivity contribution in [2.75, 3.05) is 27.1 Å². The highest BCUT2D eigenvalue weighted by atomic mass is 16.5. The van der Waals surface area contributed by atoms with Gasteiger partial charge in [-0.2, -0.15) is 0 Å². The summed E-state index contributed by atoms with van der Waals surface area (Å²) in [5.74, 6) is 1.57. The average Bonchev–Trinajstić information content (AvgIpc) is 2.84. The van der Waals surface area contributed by atoms with Gasteiger partial charge in [-0.3, -0.25) is 0 Å². The van der Waals surface area contributed by atoms with Crippen molar-refractivity contribution in [3.05, 3.63) is 23.9 Å². The molecule has 2 N–H and O–H groups in total. The molecule has 0 bridgehead atoms. The second kappa shape index (κ2) is 5.62. The number of anilines is 1. The molecule has 0 fully saturated rings. The van der Waals surface area contributed by atoms with E-state index in [0.717, 1.165) is 11.1 Å². The maximum Gasteiger partial charge on any atom is 0.230 e. The molecule has 19 heavy (non-hydrogen) atoms. The molecule has 1 aromatic carbocycles. The van der Waals surface area contributed by atoms with E-state index in [1.54, 1.807) is 33.6 Å². The highest BCUT2D eigenvalue weighted by Crippen LogP contribution is 2.38. The molecule has 0 saturated heterocycles. The monoisotopic (exact) mass is 264 g/mol. The van der Waals surface area contributed by atoms with E-state index < -0.39 is 0 Å². The Hall–Kier alpha value is -2.21. The lowest BCUT2D eigenvalue weighted by molar-refractivity contribution is 0.181. The van der Waals surface area contributed by atoms with Gasteiger partial charge in [0.2, 0.25) is 5.88 Å². The van der Waals surface area contributed by atoms with Crippen LogP contribution in [0.3, 0.4) is 0 Å². The van der Waals surface area contributed by atoms with Crippen LogP contribution in [0.25, 0.3) is 11.1 Å². The van der Waals surface area contributed by atoms with E-state index in [4.69, 9.17) is 24.5 Å². The van der Waals surface area contributed by atoms with E-state index in [0.29, 0.717) is 23.7 Å². The van der Waals surface area contributed by atoms with Gasteiger partial charge in [-0.1, -0.05) is 5.16 Å². The van der Waals surface area contributed by atoms with Crippen LogP contribution in [0.4, 0.5) is 5.88 Å². The predicted octanol–water partition coefficient (Wildman–Crippen LogP) is 2.09. The van der Waals surface area contributed by atoms with Crippen LogP contribution >= 0.6 is 0 Å². The Bertz CT molecular complexity index is 566. The van der Waals surface area contributed by atoms with Crippen LogP contribution in [-0.2, 0) is 11.3 Å². The minimum Gasteiger partial charge on any atom is -0.496 e. The van der Waals surface area contributed by atoms with E-state index in [1.165, 1.54) is 0 Å². The molecule has 0 saturated carbocycles. The van der Waals surface area contributed by atoms with Crippen molar-refractivity contribution in [2.45, 2.75) is 6.61 Å². The topological polar surface area (TPSA) is 79.7 Å². The smallest absolute Gasteiger partial charge is 0.230 e. The van der Waals surface area contributed by atoms with E-state index in [-0.39, 0.29) is 5.88 Å². The first-order valence-corrected chi connectivity index (χ1v) is 5.65. The zero-order valence-electron chi connectivity index (χ0n) is 11.1. The van der Waals surface area contributed by atoms with Crippen LogP contribution in [0.5, 0.6) is 11.5 Å². The van der Waals surface area contributed by atoms with Crippen LogP contribution in [-0.4, -0.2) is 26.5 Å². The molecule has 2 rings (SSSR count). The van der Waals surface area contributed by atoms with Crippen LogP contribution in [0.15, 0.2) is 22.9 Å². The number of nitrogen functional groups attached to an aromatic ring is 1. The summed E-state index contributed by atoms with van der Waals surface area (Å²) < 4.78 is 20.7. The normalized spacial score (nSPS) is 10.5. The predicted molar refractivity (Wildman–Crippen MR) is 70.2 cm³/mol. The fourth-order valence-electron chi connectivity index (χ4n) is 1.89. The van der Waals surface area contributed by atoms with E-state index in [1.807, 2.05) is 6.07 Å². The number of rotatable bonds is 5. The zero-order chi connectivity index (χ0) is 13.8. The molecule has 1 heterocycles. The van der Waals surface area contributed by atoms with Gasteiger partial charge in [0.05, 0.1) is 32.6 Å². The summed E-state index contributed by atoms with van der Waals surface area (Å²) in [7, 11) is 4.80. The minimum absolute atomic E-state index is 0.242. The van der Waals surface area contributed by atoms with Gasteiger partial charge in [0.15, 0.2) is 0 Å². The number of methoxy groups -OCH3 is 3. The number of nitrogens with two attached hydrogens (primary N) is 1. The van der Waals surface area contributed by atoms with Crippen molar-refractivity contribution >= 4 is 5.88 Å². The number of hydrogen-bond acceptors (Lipinski definition) is 6. The molecule has 0 aliphatic heterocycles. The third kappa shape index (κ3) is 2.48. The van der Waals surface area contributed by atoms with E-state index in [9.17, 15) is 0 Å². The van der Waals surface area contributed by atoms with Gasteiger partial charge in [-0.05, 0) is 6.07 Å². The second-order valence-corrected chi connectivity index (χ2v) is 3.90. The highest BCUT2D eigenvalue weighted by Gasteiger charge is 2.16. The molecule has 0 spiro atoms. The molecule has 0 atom stereocenters. The van der Waals surface area contributed by atoms with Crippen molar-refractivity contribution in [3.63, 3.8) is 0 Å². The molecule has 0 aliphatic carbocycles. The molecule has 6 heteroatoms. The molecule has 6 nitrogen and oxygen atoms in total. The lowest BCUT2D eigenvalue weighted by Gasteiger charge is -2.13. The summed E-state index contributed by atoms with van der Waals surface area (Å²) in [5, 5.41) is 3.67. The lowest BCUT2D eigenvalue weighted by atomic mass is 10.0. The highest BCUT2D eigenvalue weighted by molar-refractivity contribution is 5.78. The second-order valence-electron chi connectivity index (χ2n) is 3.90. The fourth-order valence-corrected chi connectivity index (χ4v) is 1.89. The Kier molecular flexibility index (Phi) is 3.91. The Balaban J connectivity index is 2.59. The van der Waals surface area contributed by atoms with Crippen molar-refractivity contribution in [3.8, 4) is 22.6 Å². The van der Waals surface area contributed by atoms with Crippen LogP contribution in [0.1, 0.15) is 5.56 Å². The largest absolute Gasteiger partial charge is 0.496 e. The summed E-state index contributed by atoms with van der Waals surface area (Å²) in [6.07, 6.45) is 1.55.